The molecular formula is C37H43F3N6O3. The van der Waals surface area contributed by atoms with Gasteiger partial charge in [-0.15, -0.1) is 0 Å². The van der Waals surface area contributed by atoms with Gasteiger partial charge in [0.15, 0.2) is 5.60 Å². The number of aryl methyl sites for hydroxylation is 1. The number of nitrogens with zero attached hydrogens (tertiary/aromatic N) is 5. The highest BCUT2D eigenvalue weighted by Gasteiger charge is 2.63. The van der Waals surface area contributed by atoms with Gasteiger partial charge >= 0.3 is 6.18 Å². The molecule has 2 amide bonds. The molecule has 0 bridgehead atoms. The number of para-hydroxylation sites is 1. The Morgan fingerprint density at radius 2 is 1.78 bits per heavy atom. The topological polar surface area (TPSA) is 109 Å². The van der Waals surface area contributed by atoms with E-state index in [4.69, 9.17) is 10.8 Å². The Morgan fingerprint density at radius 3 is 2.47 bits per heavy atom. The lowest BCUT2D eigenvalue weighted by molar-refractivity contribution is -0.296. The van der Waals surface area contributed by atoms with Crippen molar-refractivity contribution in [1.82, 2.24) is 24.0 Å². The van der Waals surface area contributed by atoms with Crippen LogP contribution in [-0.2, 0) is 11.3 Å². The largest absolute Gasteiger partial charge is 0.417 e. The minimum Gasteiger partial charge on any atom is -0.380 e. The van der Waals surface area contributed by atoms with Crippen LogP contribution in [0.15, 0.2) is 42.6 Å². The SMILES string of the molecule is Cc1c(-c2cc3cccc(C4CCN(C(=O)C5CC(O)(C(F)(F)F)C5)CC4)c3n2CC2CC2)nn2cc(C(=O)N3CCC[C@@H](N)C3)ccc12. The highest BCUT2D eigenvalue weighted by atomic mass is 19.4. The van der Waals surface area contributed by atoms with Crippen molar-refractivity contribution in [3.8, 4) is 11.4 Å². The number of aromatic nitrogens is 3. The molecule has 4 aliphatic rings. The van der Waals surface area contributed by atoms with Crippen LogP contribution in [0.2, 0.25) is 0 Å². The Labute approximate surface area is 282 Å². The summed E-state index contributed by atoms with van der Waals surface area (Å²) in [6.07, 6.45) is 1.64. The van der Waals surface area contributed by atoms with Gasteiger partial charge in [-0.25, -0.2) is 4.52 Å². The molecule has 0 spiro atoms. The molecule has 2 aliphatic carbocycles. The van der Waals surface area contributed by atoms with E-state index in [9.17, 15) is 27.9 Å². The van der Waals surface area contributed by atoms with Crippen LogP contribution in [0.4, 0.5) is 13.2 Å². The Kier molecular flexibility index (Phi) is 7.82. The number of carbonyl (C=O) groups excluding carboxylic acids is 2. The number of benzene rings is 1. The summed E-state index contributed by atoms with van der Waals surface area (Å²) >= 11 is 0. The number of nitrogens with two attached hydrogens (primary N) is 1. The molecule has 9 nitrogen and oxygen atoms in total. The number of likely N-dealkylation sites (tertiary alicyclic amines) is 2. The fourth-order valence-corrected chi connectivity index (χ4v) is 8.38. The van der Waals surface area contributed by atoms with Gasteiger partial charge in [0.1, 0.15) is 5.69 Å². The number of hydrogen-bond acceptors (Lipinski definition) is 5. The summed E-state index contributed by atoms with van der Waals surface area (Å²) in [5, 5.41) is 16.0. The van der Waals surface area contributed by atoms with Gasteiger partial charge in [-0.2, -0.15) is 18.3 Å². The molecule has 5 heterocycles. The Morgan fingerprint density at radius 1 is 1.02 bits per heavy atom. The Balaban J connectivity index is 1.07. The van der Waals surface area contributed by atoms with Crippen molar-refractivity contribution >= 4 is 28.2 Å². The molecule has 2 saturated carbocycles. The van der Waals surface area contributed by atoms with Gasteiger partial charge in [-0.05, 0) is 93.9 Å². The number of fused-ring (bicyclic) bond motifs is 2. The van der Waals surface area contributed by atoms with E-state index >= 15 is 0 Å². The predicted octanol–water partition coefficient (Wildman–Crippen LogP) is 5.65. The van der Waals surface area contributed by atoms with Crippen LogP contribution in [0.3, 0.4) is 0 Å². The van der Waals surface area contributed by atoms with Crippen LogP contribution in [0.25, 0.3) is 27.8 Å². The number of hydrogen-bond donors (Lipinski definition) is 2. The van der Waals surface area contributed by atoms with Gasteiger partial charge in [0, 0.05) is 61.8 Å². The fraction of sp³-hybridized carbons (Fsp3) is 0.541. The van der Waals surface area contributed by atoms with Crippen LogP contribution >= 0.6 is 0 Å². The van der Waals surface area contributed by atoms with E-state index < -0.39 is 30.5 Å². The van der Waals surface area contributed by atoms with Gasteiger partial charge in [0.25, 0.3) is 5.91 Å². The van der Waals surface area contributed by atoms with Crippen LogP contribution in [0.5, 0.6) is 0 Å². The van der Waals surface area contributed by atoms with Gasteiger partial charge in [0.2, 0.25) is 5.91 Å². The molecule has 4 fully saturated rings. The van der Waals surface area contributed by atoms with Gasteiger partial charge < -0.3 is 25.2 Å². The molecule has 12 heteroatoms. The lowest BCUT2D eigenvalue weighted by atomic mass is 9.69. The second-order valence-corrected chi connectivity index (χ2v) is 15.0. The number of alkyl halides is 3. The molecule has 49 heavy (non-hydrogen) atoms. The van der Waals surface area contributed by atoms with Crippen LogP contribution in [0, 0.1) is 18.8 Å². The van der Waals surface area contributed by atoms with Crippen molar-refractivity contribution in [2.24, 2.45) is 17.6 Å². The van der Waals surface area contributed by atoms with Crippen molar-refractivity contribution in [1.29, 1.82) is 0 Å². The molecule has 3 N–H and O–H groups in total. The summed E-state index contributed by atoms with van der Waals surface area (Å²) in [4.78, 5) is 29.9. The predicted molar refractivity (Wildman–Crippen MR) is 179 cm³/mol. The molecular weight excluding hydrogens is 633 g/mol. The highest BCUT2D eigenvalue weighted by Crippen LogP contribution is 2.49. The first-order valence-electron chi connectivity index (χ1n) is 17.6. The second-order valence-electron chi connectivity index (χ2n) is 15.0. The zero-order valence-corrected chi connectivity index (χ0v) is 27.8. The van der Waals surface area contributed by atoms with Crippen molar-refractivity contribution in [2.45, 2.75) is 88.6 Å². The number of pyridine rings is 1. The molecule has 0 unspecified atom stereocenters. The standard InChI is InChI=1S/C37H43F3N6O3/c1-22-30-10-9-26(34(47)44-13-3-5-28(41)21-44)20-46(30)42-32(22)31-16-25-4-2-6-29(33(25)45(31)19-23-7-8-23)24-11-14-43(15-12-24)35(48)27-17-36(49,18-27)37(38,39)40/h2,4,6,9-10,16,20,23-24,27-28,49H,3,5,7-8,11-15,17-19,21,41H2,1H3/t27?,28-,36?/m1/s1. The molecule has 2 aliphatic heterocycles. The summed E-state index contributed by atoms with van der Waals surface area (Å²) in [7, 11) is 0. The molecule has 1 atom stereocenters. The lowest BCUT2D eigenvalue weighted by Gasteiger charge is -2.45. The van der Waals surface area contributed by atoms with Crippen LogP contribution in [-0.4, -0.2) is 84.9 Å². The molecule has 2 saturated heterocycles. The average Bonchev–Trinajstić information content (AvgIpc) is 3.74. The van der Waals surface area contributed by atoms with E-state index in [0.717, 1.165) is 60.1 Å². The molecule has 8 rings (SSSR count). The molecule has 260 valence electrons. The quantitative estimate of drug-likeness (QED) is 0.275. The minimum atomic E-state index is -4.71. The summed E-state index contributed by atoms with van der Waals surface area (Å²) in [6.45, 7) is 5.18. The first-order valence-corrected chi connectivity index (χ1v) is 17.6. The van der Waals surface area contributed by atoms with E-state index in [1.54, 1.807) is 4.90 Å². The molecule has 0 radical (unpaired) electrons. The zero-order valence-electron chi connectivity index (χ0n) is 27.8. The molecule has 4 aromatic rings. The smallest absolute Gasteiger partial charge is 0.380 e. The van der Waals surface area contributed by atoms with E-state index in [-0.39, 0.29) is 23.8 Å². The lowest BCUT2D eigenvalue weighted by Crippen LogP contribution is -2.59. The number of amides is 2. The van der Waals surface area contributed by atoms with Gasteiger partial charge in [0.05, 0.1) is 22.3 Å². The maximum Gasteiger partial charge on any atom is 0.417 e. The van der Waals surface area contributed by atoms with Crippen molar-refractivity contribution in [3.63, 3.8) is 0 Å². The van der Waals surface area contributed by atoms with Crippen LogP contribution < -0.4 is 5.73 Å². The maximum absolute atomic E-state index is 13.4. The third-order valence-electron chi connectivity index (χ3n) is 11.5. The summed E-state index contributed by atoms with van der Waals surface area (Å²) in [5.41, 5.74) is 10.3. The Bertz CT molecular complexity index is 1930. The Hall–Kier alpha value is -3.90. The number of rotatable bonds is 6. The number of piperidine rings is 2. The third kappa shape index (κ3) is 5.70. The summed E-state index contributed by atoms with van der Waals surface area (Å²) in [6, 6.07) is 12.5. The normalized spacial score (nSPS) is 25.3. The van der Waals surface area contributed by atoms with Crippen LogP contribution in [0.1, 0.15) is 78.8 Å². The first kappa shape index (κ1) is 32.3. The average molecular weight is 677 g/mol. The zero-order chi connectivity index (χ0) is 34.2. The monoisotopic (exact) mass is 676 g/mol. The fourth-order valence-electron chi connectivity index (χ4n) is 8.38. The van der Waals surface area contributed by atoms with Gasteiger partial charge in [-0.1, -0.05) is 18.2 Å². The first-order chi connectivity index (χ1) is 23.4. The van der Waals surface area contributed by atoms with Crippen molar-refractivity contribution < 1.29 is 27.9 Å². The second kappa shape index (κ2) is 11.9. The van der Waals surface area contributed by atoms with Crippen molar-refractivity contribution in [3.05, 3.63) is 59.3 Å². The third-order valence-corrected chi connectivity index (χ3v) is 11.5. The van der Waals surface area contributed by atoms with E-state index in [0.29, 0.717) is 37.7 Å². The number of halogens is 3. The highest BCUT2D eigenvalue weighted by molar-refractivity contribution is 5.95. The molecule has 3 aromatic heterocycles. The number of aliphatic hydroxyl groups is 1. The van der Waals surface area contributed by atoms with E-state index in [2.05, 4.69) is 35.8 Å². The van der Waals surface area contributed by atoms with Gasteiger partial charge in [-0.3, -0.25) is 9.59 Å². The minimum absolute atomic E-state index is 0.00480. The van der Waals surface area contributed by atoms with E-state index in [1.165, 1.54) is 23.9 Å². The van der Waals surface area contributed by atoms with E-state index in [1.807, 2.05) is 27.7 Å². The maximum atomic E-state index is 13.4. The summed E-state index contributed by atoms with van der Waals surface area (Å²) in [5.74, 6) is -0.298. The number of carbonyl (C=O) groups is 2. The summed E-state index contributed by atoms with van der Waals surface area (Å²) < 4.78 is 43.7. The van der Waals surface area contributed by atoms with Crippen molar-refractivity contribution in [2.75, 3.05) is 26.2 Å². The molecule has 1 aromatic carbocycles.